The standard InChI is InChI=1S/C29H30N2O7.C28H28N2O8/c1-16-8-28(4,24-19(16)11-30(10-18(3)32)13-21(24)26(35)37-6)29(5)9-17(2)20-12-31(15-23(33)34)14-22(25(20)29)27(36)38-7;1-15-7-27(3,19-11-29(13-21(31)32)9-17(23(15)19)25(35)37-5)28(4)8-16(2)24-18(26(36)38-6)10-30(12-20(24)28)14-22(33)34/h8-9,11-14H,3,10,15H2,1-2,4-7H3;7-12H,13-14H2,1-6H3/p+2. The fraction of sp³-hybridized carbons (Fsp3) is 0.351. The fourth-order valence-corrected chi connectivity index (χ4v) is 12.0. The highest BCUT2D eigenvalue weighted by Crippen LogP contribution is 2.59. The van der Waals surface area contributed by atoms with Gasteiger partial charge in [0.2, 0.25) is 13.1 Å². The molecule has 0 aromatic carbocycles. The summed E-state index contributed by atoms with van der Waals surface area (Å²) in [5.41, 5.74) is 6.60. The SMILES string of the molecule is C=C([O-])C[n+]1cc(C(=O)OC)c2c(c1)C(C)=CC2(C)C1(C)C=C(C)c2c[n+](CC(=O)O)cc(C(=O)OC)c21.COC(=O)c1c[n+](CC(=O)[O-])cc2c1C(C)=CC2(C)C1(C)C=C(C)c2c(C(=O)OC)c[n+](CC(=O)O)cc21. The van der Waals surface area contributed by atoms with Crippen LogP contribution in [0.25, 0.3) is 22.3 Å². The number of carbonyl (C=O) groups excluding carboxylic acids is 5. The molecule has 0 saturated carbocycles. The predicted molar refractivity (Wildman–Crippen MR) is 265 cm³/mol. The summed E-state index contributed by atoms with van der Waals surface area (Å²) >= 11 is 0. The lowest BCUT2D eigenvalue weighted by molar-refractivity contribution is -0.700. The molecule has 76 heavy (non-hydrogen) atoms. The third-order valence-electron chi connectivity index (χ3n) is 15.4. The van der Waals surface area contributed by atoms with Gasteiger partial charge in [0, 0.05) is 55.0 Å². The summed E-state index contributed by atoms with van der Waals surface area (Å²) < 4.78 is 26.2. The van der Waals surface area contributed by atoms with Crippen molar-refractivity contribution in [3.05, 3.63) is 153 Å². The largest absolute Gasteiger partial charge is 0.872 e. The van der Waals surface area contributed by atoms with Crippen molar-refractivity contribution in [3.8, 4) is 0 Å². The molecule has 4 atom stereocenters. The molecule has 8 rings (SSSR count). The number of pyridine rings is 4. The van der Waals surface area contributed by atoms with Crippen LogP contribution >= 0.6 is 0 Å². The lowest BCUT2D eigenvalue weighted by Gasteiger charge is -2.42. The second-order valence-electron chi connectivity index (χ2n) is 20.3. The Balaban J connectivity index is 0.000000221. The summed E-state index contributed by atoms with van der Waals surface area (Å²) in [7, 11) is 5.11. The monoisotopic (exact) mass is 1040 g/mol. The summed E-state index contributed by atoms with van der Waals surface area (Å²) in [6.07, 6.45) is 21.1. The Morgan fingerprint density at radius 1 is 0.461 bits per heavy atom. The number of ether oxygens (including phenoxy) is 4. The van der Waals surface area contributed by atoms with Gasteiger partial charge in [-0.3, -0.25) is 0 Å². The molecule has 0 fully saturated rings. The number of allylic oxidation sites excluding steroid dienone is 9. The number of carboxylic acids is 3. The Morgan fingerprint density at radius 3 is 1.09 bits per heavy atom. The summed E-state index contributed by atoms with van der Waals surface area (Å²) in [5, 5.41) is 42.1. The number of aromatic nitrogens is 4. The first-order valence-electron chi connectivity index (χ1n) is 24.0. The highest BCUT2D eigenvalue weighted by atomic mass is 16.5. The van der Waals surface area contributed by atoms with Gasteiger partial charge in [-0.1, -0.05) is 57.8 Å². The van der Waals surface area contributed by atoms with Crippen LogP contribution in [-0.2, 0) is 81.2 Å². The van der Waals surface area contributed by atoms with E-state index in [1.54, 1.807) is 29.4 Å². The van der Waals surface area contributed by atoms with E-state index in [0.717, 1.165) is 33.4 Å². The van der Waals surface area contributed by atoms with Gasteiger partial charge in [0.1, 0.15) is 28.2 Å². The zero-order chi connectivity index (χ0) is 56.3. The van der Waals surface area contributed by atoms with Crippen molar-refractivity contribution in [1.29, 1.82) is 0 Å². The summed E-state index contributed by atoms with van der Waals surface area (Å²) in [5.74, 6) is -6.09. The van der Waals surface area contributed by atoms with E-state index in [1.165, 1.54) is 60.7 Å². The molecule has 4 unspecified atom stereocenters. The Morgan fingerprint density at radius 2 is 0.763 bits per heavy atom. The van der Waals surface area contributed by atoms with Crippen LogP contribution in [-0.4, -0.2) is 80.4 Å². The molecule has 19 heteroatoms. The number of aliphatic carboxylic acids is 3. The first-order chi connectivity index (χ1) is 35.5. The first kappa shape index (κ1) is 55.1. The second-order valence-corrected chi connectivity index (χ2v) is 20.3. The van der Waals surface area contributed by atoms with E-state index < -0.39 is 70.0 Å². The van der Waals surface area contributed by atoms with Gasteiger partial charge in [-0.2, -0.15) is 13.7 Å². The van der Waals surface area contributed by atoms with Gasteiger partial charge in [-0.15, -0.1) is 6.58 Å². The molecular formula is C57H60N4O15+2. The number of methoxy groups -OCH3 is 4. The highest BCUT2D eigenvalue weighted by molar-refractivity contribution is 6.00. The second kappa shape index (κ2) is 19.9. The number of fused-ring (bicyclic) bond motifs is 4. The van der Waals surface area contributed by atoms with Gasteiger partial charge >= 0.3 is 35.8 Å². The molecule has 4 aliphatic rings. The van der Waals surface area contributed by atoms with E-state index in [9.17, 15) is 54.0 Å². The van der Waals surface area contributed by atoms with Gasteiger partial charge in [0.25, 0.3) is 0 Å². The molecule has 0 radical (unpaired) electrons. The molecule has 4 aliphatic carbocycles. The Hall–Kier alpha value is -8.61. The predicted octanol–water partition coefficient (Wildman–Crippen LogP) is 2.56. The van der Waals surface area contributed by atoms with Crippen molar-refractivity contribution < 1.29 is 91.2 Å². The van der Waals surface area contributed by atoms with E-state index >= 15 is 0 Å². The van der Waals surface area contributed by atoms with Gasteiger partial charge in [0.05, 0.1) is 28.4 Å². The van der Waals surface area contributed by atoms with E-state index in [0.29, 0.717) is 38.9 Å². The first-order valence-corrected chi connectivity index (χ1v) is 24.0. The Bertz CT molecular complexity index is 3200. The number of rotatable bonds is 14. The van der Waals surface area contributed by atoms with Crippen molar-refractivity contribution in [1.82, 2.24) is 0 Å². The van der Waals surface area contributed by atoms with Gasteiger partial charge in [0.15, 0.2) is 62.7 Å². The van der Waals surface area contributed by atoms with Crippen molar-refractivity contribution >= 4 is 64.1 Å². The Kier molecular flexibility index (Phi) is 14.5. The van der Waals surface area contributed by atoms with Crippen LogP contribution in [0.3, 0.4) is 0 Å². The molecule has 0 spiro atoms. The molecule has 0 amide bonds. The maximum atomic E-state index is 13.1. The zero-order valence-electron chi connectivity index (χ0n) is 44.5. The zero-order valence-corrected chi connectivity index (χ0v) is 44.5. The number of esters is 4. The minimum atomic E-state index is -1.32. The van der Waals surface area contributed by atoms with Crippen molar-refractivity contribution in [2.24, 2.45) is 0 Å². The van der Waals surface area contributed by atoms with Crippen molar-refractivity contribution in [3.63, 3.8) is 0 Å². The number of carboxylic acid groups (broad SMARTS) is 3. The van der Waals surface area contributed by atoms with Crippen LogP contribution < -0.4 is 28.5 Å². The van der Waals surface area contributed by atoms with E-state index in [1.807, 2.05) is 73.7 Å². The Labute approximate surface area is 438 Å². The quantitative estimate of drug-likeness (QED) is 0.0797. The number of hydrogen-bond donors (Lipinski definition) is 2. The van der Waals surface area contributed by atoms with E-state index in [4.69, 9.17) is 18.9 Å². The topological polar surface area (TPSA) is 259 Å². The lowest BCUT2D eigenvalue weighted by atomic mass is 9.59. The van der Waals surface area contributed by atoms with Gasteiger partial charge in [-0.25, -0.2) is 33.3 Å². The average molecular weight is 1040 g/mol. The third-order valence-corrected chi connectivity index (χ3v) is 15.4. The molecular weight excluding hydrogens is 981 g/mol. The fourth-order valence-electron chi connectivity index (χ4n) is 12.0. The summed E-state index contributed by atoms with van der Waals surface area (Å²) in [6.45, 7) is 17.8. The molecule has 4 aromatic heterocycles. The van der Waals surface area contributed by atoms with E-state index in [-0.39, 0.29) is 42.1 Å². The molecule has 4 heterocycles. The minimum Gasteiger partial charge on any atom is -0.872 e. The molecule has 0 aliphatic heterocycles. The number of carbonyl (C=O) groups is 7. The molecule has 0 saturated heterocycles. The molecule has 2 N–H and O–H groups in total. The van der Waals surface area contributed by atoms with Crippen molar-refractivity contribution in [2.45, 2.75) is 103 Å². The van der Waals surface area contributed by atoms with Gasteiger partial charge < -0.3 is 44.2 Å². The third kappa shape index (κ3) is 9.02. The normalized spacial score (nSPS) is 21.2. The van der Waals surface area contributed by atoms with Gasteiger partial charge in [-0.05, 0) is 61.1 Å². The van der Waals surface area contributed by atoms with Crippen LogP contribution in [0.5, 0.6) is 0 Å². The number of nitrogens with zero attached hydrogens (tertiary/aromatic N) is 4. The van der Waals surface area contributed by atoms with Crippen LogP contribution in [0.2, 0.25) is 0 Å². The van der Waals surface area contributed by atoms with E-state index in [2.05, 4.69) is 18.7 Å². The smallest absolute Gasteiger partial charge is 0.370 e. The molecule has 0 bridgehead atoms. The summed E-state index contributed by atoms with van der Waals surface area (Å²) in [6, 6.07) is 0. The molecule has 396 valence electrons. The number of hydrogen-bond acceptors (Lipinski definition) is 13. The average Bonchev–Trinajstić information content (AvgIpc) is 4.00. The maximum Gasteiger partial charge on any atom is 0.370 e. The molecule has 19 nitrogen and oxygen atoms in total. The van der Waals surface area contributed by atoms with Crippen LogP contribution in [0.1, 0.15) is 141 Å². The van der Waals surface area contributed by atoms with Crippen LogP contribution in [0.4, 0.5) is 0 Å². The molecule has 4 aromatic rings. The maximum absolute atomic E-state index is 13.1. The minimum absolute atomic E-state index is 0.00352. The van der Waals surface area contributed by atoms with Crippen LogP contribution in [0.15, 0.2) is 86.2 Å². The highest BCUT2D eigenvalue weighted by Gasteiger charge is 2.57. The van der Waals surface area contributed by atoms with Crippen LogP contribution in [0, 0.1) is 0 Å². The summed E-state index contributed by atoms with van der Waals surface area (Å²) in [4.78, 5) is 86.2. The van der Waals surface area contributed by atoms with Crippen molar-refractivity contribution in [2.75, 3.05) is 28.4 Å². The lowest BCUT2D eigenvalue weighted by Crippen LogP contribution is -2.48.